The minimum Gasteiger partial charge on any atom is -0.397 e. The molecule has 1 unspecified atom stereocenters. The highest BCUT2D eigenvalue weighted by atomic mass is 35.5. The fourth-order valence-electron chi connectivity index (χ4n) is 2.00. The Morgan fingerprint density at radius 1 is 1.28 bits per heavy atom. The zero-order valence-electron chi connectivity index (χ0n) is 11.1. The highest BCUT2D eigenvalue weighted by Gasteiger charge is 2.14. The van der Waals surface area contributed by atoms with Gasteiger partial charge in [-0.1, -0.05) is 44.7 Å². The van der Waals surface area contributed by atoms with E-state index in [0.29, 0.717) is 11.4 Å². The Kier molecular flexibility index (Phi) is 6.27. The molecule has 0 saturated heterocycles. The van der Waals surface area contributed by atoms with Crippen molar-refractivity contribution in [2.45, 2.75) is 52.0 Å². The molecule has 1 aromatic rings. The summed E-state index contributed by atoms with van der Waals surface area (Å²) in [6, 6.07) is 3.37. The van der Waals surface area contributed by atoms with E-state index in [1.807, 2.05) is 0 Å². The van der Waals surface area contributed by atoms with Crippen LogP contribution in [0.5, 0.6) is 0 Å². The first-order valence-corrected chi connectivity index (χ1v) is 6.97. The van der Waals surface area contributed by atoms with Crippen molar-refractivity contribution in [1.29, 1.82) is 0 Å². The summed E-state index contributed by atoms with van der Waals surface area (Å²) in [5, 5.41) is 3.32. The van der Waals surface area contributed by atoms with E-state index >= 15 is 0 Å². The normalized spacial score (nSPS) is 12.4. The van der Waals surface area contributed by atoms with Crippen LogP contribution in [0.25, 0.3) is 0 Å². The Bertz CT molecular complexity index is 382. The number of hydrogen-bond acceptors (Lipinski definition) is 2. The maximum atomic E-state index is 13.9. The van der Waals surface area contributed by atoms with Gasteiger partial charge in [-0.05, 0) is 25.0 Å². The van der Waals surface area contributed by atoms with E-state index in [1.54, 1.807) is 6.07 Å². The lowest BCUT2D eigenvalue weighted by atomic mass is 10.0. The second-order valence-electron chi connectivity index (χ2n) is 4.60. The number of benzene rings is 1. The van der Waals surface area contributed by atoms with Gasteiger partial charge in [0.2, 0.25) is 0 Å². The van der Waals surface area contributed by atoms with Crippen LogP contribution in [0.15, 0.2) is 12.1 Å². The predicted octanol–water partition coefficient (Wildman–Crippen LogP) is 4.83. The van der Waals surface area contributed by atoms with Crippen LogP contribution in [-0.4, -0.2) is 6.04 Å². The second-order valence-corrected chi connectivity index (χ2v) is 5.00. The Balaban J connectivity index is 2.82. The molecular formula is C14H22ClFN2. The molecule has 0 aliphatic rings. The first-order chi connectivity index (χ1) is 8.60. The molecule has 102 valence electrons. The van der Waals surface area contributed by atoms with Gasteiger partial charge in [0, 0.05) is 6.04 Å². The highest BCUT2D eigenvalue weighted by Crippen LogP contribution is 2.30. The monoisotopic (exact) mass is 272 g/mol. The van der Waals surface area contributed by atoms with Crippen molar-refractivity contribution in [3.8, 4) is 0 Å². The Hall–Kier alpha value is -0.960. The molecule has 0 aliphatic heterocycles. The van der Waals surface area contributed by atoms with E-state index < -0.39 is 5.82 Å². The number of nitrogen functional groups attached to an aromatic ring is 1. The van der Waals surface area contributed by atoms with Gasteiger partial charge in [0.05, 0.1) is 16.4 Å². The minimum atomic E-state index is -0.450. The largest absolute Gasteiger partial charge is 0.397 e. The lowest BCUT2D eigenvalue weighted by molar-refractivity contribution is 0.557. The van der Waals surface area contributed by atoms with Crippen LogP contribution in [0.3, 0.4) is 0 Å². The third-order valence-electron chi connectivity index (χ3n) is 3.02. The smallest absolute Gasteiger partial charge is 0.166 e. The van der Waals surface area contributed by atoms with E-state index in [9.17, 15) is 4.39 Å². The zero-order valence-corrected chi connectivity index (χ0v) is 11.9. The Labute approximate surface area is 114 Å². The van der Waals surface area contributed by atoms with Crippen LogP contribution < -0.4 is 11.1 Å². The molecule has 2 nitrogen and oxygen atoms in total. The van der Waals surface area contributed by atoms with Crippen LogP contribution in [0.2, 0.25) is 5.02 Å². The third kappa shape index (κ3) is 4.05. The van der Waals surface area contributed by atoms with E-state index in [-0.39, 0.29) is 11.1 Å². The highest BCUT2D eigenvalue weighted by molar-refractivity contribution is 6.31. The summed E-state index contributed by atoms with van der Waals surface area (Å²) >= 11 is 5.78. The van der Waals surface area contributed by atoms with Crippen LogP contribution in [0.1, 0.15) is 46.0 Å². The number of unbranched alkanes of at least 4 members (excludes halogenated alkanes) is 1. The van der Waals surface area contributed by atoms with Gasteiger partial charge in [0.25, 0.3) is 0 Å². The van der Waals surface area contributed by atoms with Crippen LogP contribution in [-0.2, 0) is 0 Å². The average molecular weight is 273 g/mol. The average Bonchev–Trinajstić information content (AvgIpc) is 2.36. The molecule has 0 radical (unpaired) electrons. The predicted molar refractivity (Wildman–Crippen MR) is 77.7 cm³/mol. The molecule has 0 fully saturated rings. The van der Waals surface area contributed by atoms with Crippen molar-refractivity contribution in [3.63, 3.8) is 0 Å². The summed E-state index contributed by atoms with van der Waals surface area (Å²) in [4.78, 5) is 0. The Morgan fingerprint density at radius 3 is 2.61 bits per heavy atom. The molecule has 0 bridgehead atoms. The summed E-state index contributed by atoms with van der Waals surface area (Å²) in [6.07, 6.45) is 5.35. The second kappa shape index (κ2) is 7.47. The summed E-state index contributed by atoms with van der Waals surface area (Å²) in [5.74, 6) is -0.450. The van der Waals surface area contributed by atoms with Gasteiger partial charge in [-0.25, -0.2) is 4.39 Å². The van der Waals surface area contributed by atoms with Crippen LogP contribution in [0.4, 0.5) is 15.8 Å². The quantitative estimate of drug-likeness (QED) is 0.698. The summed E-state index contributed by atoms with van der Waals surface area (Å²) in [5.41, 5.74) is 6.56. The molecule has 0 aliphatic carbocycles. The van der Waals surface area contributed by atoms with E-state index in [4.69, 9.17) is 17.3 Å². The lowest BCUT2D eigenvalue weighted by Gasteiger charge is -2.21. The third-order valence-corrected chi connectivity index (χ3v) is 3.31. The van der Waals surface area contributed by atoms with Crippen molar-refractivity contribution in [2.24, 2.45) is 0 Å². The van der Waals surface area contributed by atoms with Crippen molar-refractivity contribution < 1.29 is 4.39 Å². The van der Waals surface area contributed by atoms with Gasteiger partial charge in [-0.2, -0.15) is 0 Å². The van der Waals surface area contributed by atoms with E-state index in [1.165, 1.54) is 6.07 Å². The van der Waals surface area contributed by atoms with Gasteiger partial charge < -0.3 is 11.1 Å². The Morgan fingerprint density at radius 2 is 2.00 bits per heavy atom. The molecule has 18 heavy (non-hydrogen) atoms. The number of halogens is 2. The van der Waals surface area contributed by atoms with Gasteiger partial charge >= 0.3 is 0 Å². The van der Waals surface area contributed by atoms with Gasteiger partial charge in [-0.15, -0.1) is 0 Å². The number of nitrogens with one attached hydrogen (secondary N) is 1. The molecule has 0 spiro atoms. The lowest BCUT2D eigenvalue weighted by Crippen LogP contribution is -2.21. The van der Waals surface area contributed by atoms with Gasteiger partial charge in [0.15, 0.2) is 5.82 Å². The van der Waals surface area contributed by atoms with Crippen molar-refractivity contribution >= 4 is 23.0 Å². The first-order valence-electron chi connectivity index (χ1n) is 6.60. The van der Waals surface area contributed by atoms with Crippen LogP contribution in [0, 0.1) is 5.82 Å². The standard InChI is InChI=1S/C14H22ClFN2/c1-3-5-7-10(6-4-2)18-14-12(17)9-8-11(15)13(14)16/h8-10,18H,3-7,17H2,1-2H3. The molecule has 3 N–H and O–H groups in total. The number of rotatable bonds is 7. The maximum absolute atomic E-state index is 13.9. The number of nitrogens with two attached hydrogens (primary N) is 1. The maximum Gasteiger partial charge on any atom is 0.166 e. The fraction of sp³-hybridized carbons (Fsp3) is 0.571. The molecule has 1 aromatic carbocycles. The minimum absolute atomic E-state index is 0.109. The zero-order chi connectivity index (χ0) is 13.5. The van der Waals surface area contributed by atoms with Crippen molar-refractivity contribution in [2.75, 3.05) is 11.1 Å². The van der Waals surface area contributed by atoms with E-state index in [0.717, 1.165) is 32.1 Å². The van der Waals surface area contributed by atoms with Crippen molar-refractivity contribution in [3.05, 3.63) is 23.0 Å². The summed E-state index contributed by atoms with van der Waals surface area (Å²) < 4.78 is 13.9. The molecule has 1 rings (SSSR count). The molecule has 0 saturated carbocycles. The fourth-order valence-corrected chi connectivity index (χ4v) is 2.16. The van der Waals surface area contributed by atoms with E-state index in [2.05, 4.69) is 19.2 Å². The molecule has 4 heteroatoms. The summed E-state index contributed by atoms with van der Waals surface area (Å²) in [7, 11) is 0. The number of hydrogen-bond donors (Lipinski definition) is 2. The topological polar surface area (TPSA) is 38.0 Å². The summed E-state index contributed by atoms with van der Waals surface area (Å²) in [6.45, 7) is 4.27. The molecule has 0 amide bonds. The molecule has 0 aromatic heterocycles. The van der Waals surface area contributed by atoms with Gasteiger partial charge in [-0.3, -0.25) is 0 Å². The number of anilines is 2. The first kappa shape index (κ1) is 15.1. The van der Waals surface area contributed by atoms with Crippen molar-refractivity contribution in [1.82, 2.24) is 0 Å². The van der Waals surface area contributed by atoms with Crippen LogP contribution >= 0.6 is 11.6 Å². The molecular weight excluding hydrogens is 251 g/mol. The molecule has 0 heterocycles. The SMILES string of the molecule is CCCCC(CCC)Nc1c(N)ccc(Cl)c1F. The molecule has 1 atom stereocenters. The van der Waals surface area contributed by atoms with Gasteiger partial charge in [0.1, 0.15) is 0 Å².